The average Bonchev–Trinajstić information content (AvgIpc) is 3.14. The monoisotopic (exact) mass is 413 g/mol. The molecule has 9 heteroatoms. The molecule has 3 aromatic rings. The highest BCUT2D eigenvalue weighted by Crippen LogP contribution is 2.37. The Bertz CT molecular complexity index is 1110. The number of aliphatic hydroxyl groups is 1. The number of hydrogen-bond acceptors (Lipinski definition) is 5. The molecule has 0 spiro atoms. The molecule has 8 nitrogen and oxygen atoms in total. The van der Waals surface area contributed by atoms with Gasteiger partial charge in [0.05, 0.1) is 6.61 Å². The molecule has 0 radical (unpaired) electrons. The van der Waals surface area contributed by atoms with E-state index in [9.17, 15) is 19.4 Å². The summed E-state index contributed by atoms with van der Waals surface area (Å²) in [5.41, 5.74) is 9.88. The lowest BCUT2D eigenvalue weighted by atomic mass is 9.93. The maximum atomic E-state index is 14.7. The fourth-order valence-corrected chi connectivity index (χ4v) is 4.34. The van der Waals surface area contributed by atoms with Gasteiger partial charge in [-0.2, -0.15) is 5.10 Å². The molecule has 1 amide bonds. The van der Waals surface area contributed by atoms with Gasteiger partial charge in [-0.15, -0.1) is 0 Å². The first-order chi connectivity index (χ1) is 14.4. The summed E-state index contributed by atoms with van der Waals surface area (Å²) in [6, 6.07) is 5.15. The predicted molar refractivity (Wildman–Crippen MR) is 110 cm³/mol. The van der Waals surface area contributed by atoms with E-state index in [4.69, 9.17) is 5.73 Å². The molecule has 1 saturated heterocycles. The number of nitrogen functional groups attached to an aromatic ring is 1. The number of halogens is 1. The third-order valence-corrected chi connectivity index (χ3v) is 5.86. The summed E-state index contributed by atoms with van der Waals surface area (Å²) in [7, 11) is 0. The van der Waals surface area contributed by atoms with Crippen LogP contribution in [0.25, 0.3) is 16.6 Å². The maximum Gasteiger partial charge on any atom is 0.407 e. The van der Waals surface area contributed by atoms with Crippen molar-refractivity contribution in [2.45, 2.75) is 38.7 Å². The SMILES string of the molecule is CCc1cc(-c2cc(C3CCCN(C(=O)O)C3)n3ncnc(N)c23)cc(F)c1CO. The van der Waals surface area contributed by atoms with Crippen LogP contribution in [0.2, 0.25) is 0 Å². The Kier molecular flexibility index (Phi) is 5.29. The number of carbonyl (C=O) groups is 1. The van der Waals surface area contributed by atoms with Crippen LogP contribution >= 0.6 is 0 Å². The highest BCUT2D eigenvalue weighted by atomic mass is 19.1. The minimum Gasteiger partial charge on any atom is -0.465 e. The number of carboxylic acid groups (broad SMARTS) is 1. The summed E-state index contributed by atoms with van der Waals surface area (Å²) in [4.78, 5) is 17.0. The van der Waals surface area contributed by atoms with Gasteiger partial charge in [-0.05, 0) is 42.5 Å². The number of piperidine rings is 1. The second-order valence-corrected chi connectivity index (χ2v) is 7.56. The fraction of sp³-hybridized carbons (Fsp3) is 0.381. The van der Waals surface area contributed by atoms with Crippen molar-refractivity contribution in [3.63, 3.8) is 0 Å². The van der Waals surface area contributed by atoms with Crippen molar-refractivity contribution in [3.05, 3.63) is 47.2 Å². The average molecular weight is 413 g/mol. The van der Waals surface area contributed by atoms with Crippen molar-refractivity contribution in [1.29, 1.82) is 0 Å². The molecule has 3 heterocycles. The third-order valence-electron chi connectivity index (χ3n) is 5.86. The number of aliphatic hydroxyl groups excluding tert-OH is 1. The second kappa shape index (κ2) is 7.91. The Labute approximate surface area is 172 Å². The third kappa shape index (κ3) is 3.35. The minimum absolute atomic E-state index is 0.0578. The molecule has 1 unspecified atom stereocenters. The van der Waals surface area contributed by atoms with Gasteiger partial charge in [-0.25, -0.2) is 18.7 Å². The molecule has 0 aliphatic carbocycles. The number of aryl methyl sites for hydroxylation is 1. The van der Waals surface area contributed by atoms with E-state index in [1.54, 1.807) is 4.52 Å². The van der Waals surface area contributed by atoms with Crippen LogP contribution in [0, 0.1) is 5.82 Å². The summed E-state index contributed by atoms with van der Waals surface area (Å²) in [6.45, 7) is 2.41. The Hall–Kier alpha value is -3.20. The van der Waals surface area contributed by atoms with Crippen molar-refractivity contribution in [2.24, 2.45) is 0 Å². The number of amides is 1. The number of aromatic nitrogens is 3. The Morgan fingerprint density at radius 3 is 2.87 bits per heavy atom. The molecule has 1 aliphatic rings. The molecule has 30 heavy (non-hydrogen) atoms. The summed E-state index contributed by atoms with van der Waals surface area (Å²) >= 11 is 0. The number of benzene rings is 1. The summed E-state index contributed by atoms with van der Waals surface area (Å²) in [5, 5.41) is 23.3. The van der Waals surface area contributed by atoms with Crippen LogP contribution in [0.4, 0.5) is 15.0 Å². The molecule has 1 aromatic carbocycles. The van der Waals surface area contributed by atoms with Crippen LogP contribution in [0.5, 0.6) is 0 Å². The lowest BCUT2D eigenvalue weighted by Gasteiger charge is -2.30. The first-order valence-corrected chi connectivity index (χ1v) is 9.97. The molecule has 158 valence electrons. The van der Waals surface area contributed by atoms with Crippen LogP contribution in [0.15, 0.2) is 24.5 Å². The Morgan fingerprint density at radius 2 is 2.17 bits per heavy atom. The van der Waals surface area contributed by atoms with E-state index in [1.165, 1.54) is 17.3 Å². The van der Waals surface area contributed by atoms with Crippen LogP contribution in [-0.2, 0) is 13.0 Å². The quantitative estimate of drug-likeness (QED) is 0.605. The van der Waals surface area contributed by atoms with Crippen LogP contribution < -0.4 is 5.73 Å². The highest BCUT2D eigenvalue weighted by Gasteiger charge is 2.28. The number of fused-ring (bicyclic) bond motifs is 1. The molecular formula is C21H24FN5O3. The molecular weight excluding hydrogens is 389 g/mol. The zero-order chi connectivity index (χ0) is 21.4. The molecule has 4 rings (SSSR count). The van der Waals surface area contributed by atoms with E-state index >= 15 is 0 Å². The Balaban J connectivity index is 1.88. The summed E-state index contributed by atoms with van der Waals surface area (Å²) < 4.78 is 16.4. The molecule has 1 fully saturated rings. The van der Waals surface area contributed by atoms with Crippen molar-refractivity contribution in [3.8, 4) is 11.1 Å². The Morgan fingerprint density at radius 1 is 1.37 bits per heavy atom. The van der Waals surface area contributed by atoms with Crippen LogP contribution in [0.1, 0.15) is 42.5 Å². The van der Waals surface area contributed by atoms with Crippen molar-refractivity contribution < 1.29 is 19.4 Å². The van der Waals surface area contributed by atoms with Crippen molar-refractivity contribution in [2.75, 3.05) is 18.8 Å². The van der Waals surface area contributed by atoms with Gasteiger partial charge >= 0.3 is 6.09 Å². The largest absolute Gasteiger partial charge is 0.465 e. The van der Waals surface area contributed by atoms with E-state index in [2.05, 4.69) is 10.1 Å². The first-order valence-electron chi connectivity index (χ1n) is 9.97. The van der Waals surface area contributed by atoms with Gasteiger partial charge < -0.3 is 20.8 Å². The standard InChI is InChI=1S/C21H24FN5O3/c1-2-12-6-14(7-17(22)16(12)10-28)15-8-18(27-19(15)20(23)24-11-25-27)13-4-3-5-26(9-13)21(29)30/h6-8,11,13,28H,2-5,9-10H2,1H3,(H,29,30)(H2,23,24,25). The molecule has 4 N–H and O–H groups in total. The zero-order valence-electron chi connectivity index (χ0n) is 16.7. The molecule has 2 aromatic heterocycles. The second-order valence-electron chi connectivity index (χ2n) is 7.56. The molecule has 0 bridgehead atoms. The van der Waals surface area contributed by atoms with Crippen LogP contribution in [0.3, 0.4) is 0 Å². The number of likely N-dealkylation sites (tertiary alicyclic amines) is 1. The van der Waals surface area contributed by atoms with E-state index in [1.807, 2.05) is 19.1 Å². The topological polar surface area (TPSA) is 117 Å². The van der Waals surface area contributed by atoms with E-state index in [0.29, 0.717) is 41.7 Å². The number of hydrogen-bond donors (Lipinski definition) is 3. The summed E-state index contributed by atoms with van der Waals surface area (Å²) in [5.74, 6) is -0.266. The fourth-order valence-electron chi connectivity index (χ4n) is 4.34. The van der Waals surface area contributed by atoms with Crippen LogP contribution in [-0.4, -0.2) is 48.9 Å². The van der Waals surface area contributed by atoms with E-state index < -0.39 is 11.9 Å². The van der Waals surface area contributed by atoms with Gasteiger partial charge in [0.1, 0.15) is 17.7 Å². The zero-order valence-corrected chi connectivity index (χ0v) is 16.7. The maximum absolute atomic E-state index is 14.7. The van der Waals surface area contributed by atoms with Gasteiger partial charge in [-0.3, -0.25) is 0 Å². The van der Waals surface area contributed by atoms with Gasteiger partial charge in [-0.1, -0.05) is 13.0 Å². The lowest BCUT2D eigenvalue weighted by molar-refractivity contribution is 0.130. The molecule has 1 atom stereocenters. The number of rotatable bonds is 4. The number of anilines is 1. The van der Waals surface area contributed by atoms with Gasteiger partial charge in [0.15, 0.2) is 5.82 Å². The van der Waals surface area contributed by atoms with Gasteiger partial charge in [0.2, 0.25) is 0 Å². The highest BCUT2D eigenvalue weighted by molar-refractivity contribution is 5.88. The predicted octanol–water partition coefficient (Wildman–Crippen LogP) is 3.03. The van der Waals surface area contributed by atoms with E-state index in [0.717, 1.165) is 24.1 Å². The number of nitrogens with two attached hydrogens (primary N) is 1. The smallest absolute Gasteiger partial charge is 0.407 e. The van der Waals surface area contributed by atoms with Gasteiger partial charge in [0, 0.05) is 35.8 Å². The summed E-state index contributed by atoms with van der Waals surface area (Å²) in [6.07, 6.45) is 2.56. The minimum atomic E-state index is -0.941. The molecule has 0 saturated carbocycles. The van der Waals surface area contributed by atoms with Gasteiger partial charge in [0.25, 0.3) is 0 Å². The van der Waals surface area contributed by atoms with E-state index in [-0.39, 0.29) is 18.3 Å². The first kappa shape index (κ1) is 20.1. The number of nitrogens with zero attached hydrogens (tertiary/aromatic N) is 4. The van der Waals surface area contributed by atoms with Crippen molar-refractivity contribution >= 4 is 17.4 Å². The molecule has 1 aliphatic heterocycles. The lowest BCUT2D eigenvalue weighted by Crippen LogP contribution is -2.38. The van der Waals surface area contributed by atoms with Crippen molar-refractivity contribution in [1.82, 2.24) is 19.5 Å². The normalized spacial score (nSPS) is 16.9.